The molecule has 0 saturated carbocycles. The fourth-order valence-corrected chi connectivity index (χ4v) is 2.84. The summed E-state index contributed by atoms with van der Waals surface area (Å²) in [7, 11) is 0. The van der Waals surface area contributed by atoms with Gasteiger partial charge in [-0.1, -0.05) is 36.4 Å². The quantitative estimate of drug-likeness (QED) is 0.677. The van der Waals surface area contributed by atoms with Crippen LogP contribution in [-0.4, -0.2) is 11.2 Å². The Balaban J connectivity index is 2.26. The summed E-state index contributed by atoms with van der Waals surface area (Å²) in [6.07, 6.45) is 4.00. The van der Waals surface area contributed by atoms with Gasteiger partial charge in [0.05, 0.1) is 5.52 Å². The molecule has 2 aromatic carbocycles. The summed E-state index contributed by atoms with van der Waals surface area (Å²) in [6.45, 7) is 0. The first-order chi connectivity index (χ1) is 9.38. The summed E-state index contributed by atoms with van der Waals surface area (Å²) < 4.78 is 0. The van der Waals surface area contributed by atoms with Crippen LogP contribution in [0.15, 0.2) is 60.8 Å². The van der Waals surface area contributed by atoms with Gasteiger partial charge in [-0.05, 0) is 35.6 Å². The van der Waals surface area contributed by atoms with Crippen LogP contribution in [0.5, 0.6) is 0 Å². The molecule has 0 N–H and O–H groups in total. The Morgan fingerprint density at radius 3 is 2.63 bits per heavy atom. The molecular weight excluding hydrogens is 250 g/mol. The minimum Gasteiger partial charge on any atom is -0.256 e. The Bertz CT molecular complexity index is 692. The molecule has 0 aliphatic rings. The molecule has 1 heterocycles. The Morgan fingerprint density at radius 1 is 1.00 bits per heavy atom. The number of hydrogen-bond acceptors (Lipinski definition) is 2. The highest BCUT2D eigenvalue weighted by atomic mass is 32.2. The molecule has 0 saturated heterocycles. The van der Waals surface area contributed by atoms with Gasteiger partial charge in [0, 0.05) is 22.9 Å². The Morgan fingerprint density at radius 2 is 1.84 bits per heavy atom. The molecule has 3 aromatic rings. The van der Waals surface area contributed by atoms with Gasteiger partial charge >= 0.3 is 0 Å². The zero-order chi connectivity index (χ0) is 13.1. The Labute approximate surface area is 117 Å². The molecule has 0 fully saturated rings. The third-order valence-electron chi connectivity index (χ3n) is 3.16. The van der Waals surface area contributed by atoms with Gasteiger partial charge in [0.2, 0.25) is 0 Å². The lowest BCUT2D eigenvalue weighted by molar-refractivity contribution is 1.38. The molecular formula is C17H15NS. The topological polar surface area (TPSA) is 12.9 Å². The van der Waals surface area contributed by atoms with Crippen molar-refractivity contribution in [3.8, 4) is 11.1 Å². The zero-order valence-corrected chi connectivity index (χ0v) is 11.7. The number of fused-ring (bicyclic) bond motifs is 1. The van der Waals surface area contributed by atoms with Crippen molar-refractivity contribution < 1.29 is 0 Å². The molecule has 94 valence electrons. The highest BCUT2D eigenvalue weighted by Crippen LogP contribution is 2.29. The summed E-state index contributed by atoms with van der Waals surface area (Å²) in [5.74, 6) is 1.03. The van der Waals surface area contributed by atoms with Crippen LogP contribution in [0, 0.1) is 0 Å². The molecule has 0 amide bonds. The number of nitrogens with zero attached hydrogens (tertiary/aromatic N) is 1. The number of hydrogen-bond donors (Lipinski definition) is 0. The van der Waals surface area contributed by atoms with E-state index in [4.69, 9.17) is 0 Å². The molecule has 19 heavy (non-hydrogen) atoms. The predicted molar refractivity (Wildman–Crippen MR) is 84.4 cm³/mol. The lowest BCUT2D eigenvalue weighted by Gasteiger charge is -2.09. The summed E-state index contributed by atoms with van der Waals surface area (Å²) in [6, 6.07) is 19.1. The number of rotatable bonds is 3. The number of aromatic nitrogens is 1. The smallest absolute Gasteiger partial charge is 0.0780 e. The van der Waals surface area contributed by atoms with Crippen LogP contribution in [0.4, 0.5) is 0 Å². The second-order valence-corrected chi connectivity index (χ2v) is 5.38. The van der Waals surface area contributed by atoms with Gasteiger partial charge in [0.1, 0.15) is 0 Å². The summed E-state index contributed by atoms with van der Waals surface area (Å²) >= 11 is 1.85. The van der Waals surface area contributed by atoms with Crippen LogP contribution in [0.3, 0.4) is 0 Å². The Hall–Kier alpha value is -1.80. The van der Waals surface area contributed by atoms with Crippen molar-refractivity contribution >= 4 is 22.7 Å². The van der Waals surface area contributed by atoms with Gasteiger partial charge < -0.3 is 0 Å². The largest absolute Gasteiger partial charge is 0.256 e. The molecule has 0 unspecified atom stereocenters. The van der Waals surface area contributed by atoms with Crippen molar-refractivity contribution in [3.05, 3.63) is 66.4 Å². The van der Waals surface area contributed by atoms with Crippen molar-refractivity contribution in [2.45, 2.75) is 5.75 Å². The molecule has 1 nitrogen and oxygen atoms in total. The molecule has 0 spiro atoms. The SMILES string of the molecule is CSCc1cc(-c2ccccc2)c2ncccc2c1. The Kier molecular flexibility index (Phi) is 3.51. The second kappa shape index (κ2) is 5.45. The highest BCUT2D eigenvalue weighted by molar-refractivity contribution is 7.97. The van der Waals surface area contributed by atoms with Gasteiger partial charge in [-0.25, -0.2) is 0 Å². The van der Waals surface area contributed by atoms with Crippen LogP contribution < -0.4 is 0 Å². The fourth-order valence-electron chi connectivity index (χ4n) is 2.34. The monoisotopic (exact) mass is 265 g/mol. The van der Waals surface area contributed by atoms with Gasteiger partial charge in [-0.2, -0.15) is 11.8 Å². The van der Waals surface area contributed by atoms with Crippen LogP contribution in [-0.2, 0) is 5.75 Å². The molecule has 0 aliphatic heterocycles. The van der Waals surface area contributed by atoms with Crippen LogP contribution >= 0.6 is 11.8 Å². The molecule has 2 heteroatoms. The van der Waals surface area contributed by atoms with E-state index in [9.17, 15) is 0 Å². The van der Waals surface area contributed by atoms with Crippen LogP contribution in [0.25, 0.3) is 22.0 Å². The molecule has 0 atom stereocenters. The van der Waals surface area contributed by atoms with Gasteiger partial charge in [0.15, 0.2) is 0 Å². The highest BCUT2D eigenvalue weighted by Gasteiger charge is 2.07. The average molecular weight is 265 g/mol. The lowest BCUT2D eigenvalue weighted by Crippen LogP contribution is -1.88. The van der Waals surface area contributed by atoms with E-state index >= 15 is 0 Å². The van der Waals surface area contributed by atoms with Crippen molar-refractivity contribution in [2.75, 3.05) is 6.26 Å². The first-order valence-electron chi connectivity index (χ1n) is 6.30. The van der Waals surface area contributed by atoms with E-state index in [1.807, 2.05) is 30.1 Å². The van der Waals surface area contributed by atoms with E-state index in [1.165, 1.54) is 22.1 Å². The first kappa shape index (κ1) is 12.2. The standard InChI is InChI=1S/C17H15NS/c1-19-12-13-10-15-8-5-9-18-17(15)16(11-13)14-6-3-2-4-7-14/h2-11H,12H2,1H3. The molecule has 0 aliphatic carbocycles. The van der Waals surface area contributed by atoms with E-state index in [-0.39, 0.29) is 0 Å². The van der Waals surface area contributed by atoms with Crippen LogP contribution in [0.1, 0.15) is 5.56 Å². The molecule has 0 bridgehead atoms. The predicted octanol–water partition coefficient (Wildman–Crippen LogP) is 4.76. The number of benzene rings is 2. The van der Waals surface area contributed by atoms with Crippen molar-refractivity contribution in [1.29, 1.82) is 0 Å². The normalized spacial score (nSPS) is 10.8. The van der Waals surface area contributed by atoms with Crippen molar-refractivity contribution in [2.24, 2.45) is 0 Å². The molecule has 1 aromatic heterocycles. The average Bonchev–Trinajstić information content (AvgIpc) is 2.48. The molecule has 3 rings (SSSR count). The summed E-state index contributed by atoms with van der Waals surface area (Å²) in [5, 5.41) is 1.22. The lowest BCUT2D eigenvalue weighted by atomic mass is 9.99. The minimum absolute atomic E-state index is 1.03. The molecule has 0 radical (unpaired) electrons. The van der Waals surface area contributed by atoms with E-state index in [1.54, 1.807) is 0 Å². The maximum atomic E-state index is 4.55. The van der Waals surface area contributed by atoms with Gasteiger partial charge in [0.25, 0.3) is 0 Å². The van der Waals surface area contributed by atoms with Crippen molar-refractivity contribution in [1.82, 2.24) is 4.98 Å². The van der Waals surface area contributed by atoms with E-state index < -0.39 is 0 Å². The maximum absolute atomic E-state index is 4.55. The van der Waals surface area contributed by atoms with Gasteiger partial charge in [-0.3, -0.25) is 4.98 Å². The third kappa shape index (κ3) is 2.49. The minimum atomic E-state index is 1.03. The summed E-state index contributed by atoms with van der Waals surface area (Å²) in [4.78, 5) is 4.55. The number of thioether (sulfide) groups is 1. The maximum Gasteiger partial charge on any atom is 0.0780 e. The first-order valence-corrected chi connectivity index (χ1v) is 7.70. The van der Waals surface area contributed by atoms with E-state index in [2.05, 4.69) is 53.7 Å². The second-order valence-electron chi connectivity index (χ2n) is 4.52. The van der Waals surface area contributed by atoms with Gasteiger partial charge in [-0.15, -0.1) is 0 Å². The van der Waals surface area contributed by atoms with Crippen LogP contribution in [0.2, 0.25) is 0 Å². The zero-order valence-electron chi connectivity index (χ0n) is 10.8. The summed E-state index contributed by atoms with van der Waals surface area (Å²) in [5.41, 5.74) is 4.89. The number of pyridine rings is 1. The van der Waals surface area contributed by atoms with E-state index in [0.717, 1.165) is 11.3 Å². The van der Waals surface area contributed by atoms with E-state index in [0.29, 0.717) is 0 Å². The van der Waals surface area contributed by atoms with Crippen molar-refractivity contribution in [3.63, 3.8) is 0 Å². The fraction of sp³-hybridized carbons (Fsp3) is 0.118. The third-order valence-corrected chi connectivity index (χ3v) is 3.78.